The smallest absolute Gasteiger partial charge is 0.272 e. The van der Waals surface area contributed by atoms with Gasteiger partial charge in [0.2, 0.25) is 0 Å². The maximum atomic E-state index is 12.7. The number of hydrogen-bond acceptors (Lipinski definition) is 4. The van der Waals surface area contributed by atoms with Gasteiger partial charge in [0.25, 0.3) is 5.91 Å². The lowest BCUT2D eigenvalue weighted by atomic mass is 10.3. The third-order valence-electron chi connectivity index (χ3n) is 3.63. The number of para-hydroxylation sites is 1. The van der Waals surface area contributed by atoms with E-state index in [1.54, 1.807) is 41.0 Å². The van der Waals surface area contributed by atoms with Crippen LogP contribution in [0.4, 0.5) is 0 Å². The van der Waals surface area contributed by atoms with Gasteiger partial charge in [-0.1, -0.05) is 23.7 Å². The van der Waals surface area contributed by atoms with Gasteiger partial charge >= 0.3 is 0 Å². The zero-order chi connectivity index (χ0) is 17.8. The Bertz CT molecular complexity index is 873. The van der Waals surface area contributed by atoms with Gasteiger partial charge in [0, 0.05) is 26.5 Å². The summed E-state index contributed by atoms with van der Waals surface area (Å²) in [6, 6.07) is 10.7. The topological polar surface area (TPSA) is 65.2 Å². The molecule has 2 aromatic heterocycles. The molecule has 0 spiro atoms. The van der Waals surface area contributed by atoms with Gasteiger partial charge in [0.1, 0.15) is 11.4 Å². The Balaban J connectivity index is 1.68. The molecule has 0 N–H and O–H groups in total. The molecule has 25 heavy (non-hydrogen) atoms. The van der Waals surface area contributed by atoms with E-state index in [1.165, 1.54) is 4.68 Å². The number of aryl methyl sites for hydroxylation is 1. The SMILES string of the molecule is CN(Cc1ccn(C)n1)C(=O)c1ccnn1COc1ccccc1Cl. The molecule has 0 unspecified atom stereocenters. The van der Waals surface area contributed by atoms with E-state index in [0.29, 0.717) is 23.0 Å². The summed E-state index contributed by atoms with van der Waals surface area (Å²) in [5, 5.41) is 8.95. The first kappa shape index (κ1) is 17.0. The van der Waals surface area contributed by atoms with Crippen molar-refractivity contribution in [3.8, 4) is 5.75 Å². The van der Waals surface area contributed by atoms with Crippen molar-refractivity contribution in [2.45, 2.75) is 13.3 Å². The number of halogens is 1. The van der Waals surface area contributed by atoms with Crippen LogP contribution < -0.4 is 4.74 Å². The van der Waals surface area contributed by atoms with E-state index >= 15 is 0 Å². The van der Waals surface area contributed by atoms with Crippen LogP contribution in [-0.2, 0) is 20.3 Å². The molecule has 8 heteroatoms. The molecular weight excluding hydrogens is 342 g/mol. The minimum atomic E-state index is -0.161. The number of nitrogens with zero attached hydrogens (tertiary/aromatic N) is 5. The number of carbonyl (C=O) groups is 1. The molecule has 130 valence electrons. The fourth-order valence-electron chi connectivity index (χ4n) is 2.37. The van der Waals surface area contributed by atoms with E-state index in [-0.39, 0.29) is 12.6 Å². The van der Waals surface area contributed by atoms with Crippen LogP contribution >= 0.6 is 11.6 Å². The highest BCUT2D eigenvalue weighted by molar-refractivity contribution is 6.32. The average Bonchev–Trinajstić information content (AvgIpc) is 3.22. The first-order valence-corrected chi connectivity index (χ1v) is 8.05. The lowest BCUT2D eigenvalue weighted by molar-refractivity contribution is 0.0760. The minimum absolute atomic E-state index is 0.0925. The van der Waals surface area contributed by atoms with Gasteiger partial charge in [-0.25, -0.2) is 4.68 Å². The van der Waals surface area contributed by atoms with Crippen molar-refractivity contribution in [1.82, 2.24) is 24.5 Å². The summed E-state index contributed by atoms with van der Waals surface area (Å²) in [6.07, 6.45) is 3.41. The van der Waals surface area contributed by atoms with Gasteiger partial charge in [-0.2, -0.15) is 10.2 Å². The average molecular weight is 360 g/mol. The molecule has 0 aliphatic rings. The quantitative estimate of drug-likeness (QED) is 0.678. The summed E-state index contributed by atoms with van der Waals surface area (Å²) < 4.78 is 8.86. The summed E-state index contributed by atoms with van der Waals surface area (Å²) in [5.74, 6) is 0.380. The van der Waals surface area contributed by atoms with Gasteiger partial charge in [-0.3, -0.25) is 9.48 Å². The highest BCUT2D eigenvalue weighted by atomic mass is 35.5. The predicted octanol–water partition coefficient (Wildman–Crippen LogP) is 2.58. The third kappa shape index (κ3) is 4.00. The molecule has 0 radical (unpaired) electrons. The zero-order valence-corrected chi connectivity index (χ0v) is 14.7. The van der Waals surface area contributed by atoms with E-state index in [2.05, 4.69) is 10.2 Å². The van der Waals surface area contributed by atoms with Crippen molar-refractivity contribution in [3.05, 3.63) is 65.2 Å². The standard InChI is InChI=1S/C17H18ClN5O2/c1-21(11-13-8-10-22(2)20-13)17(24)15-7-9-19-23(15)12-25-16-6-4-3-5-14(16)18/h3-10H,11-12H2,1-2H3. The number of hydrogen-bond donors (Lipinski definition) is 0. The minimum Gasteiger partial charge on any atom is -0.470 e. The number of carbonyl (C=O) groups excluding carboxylic acids is 1. The summed E-state index contributed by atoms with van der Waals surface area (Å²) >= 11 is 6.07. The molecule has 0 saturated carbocycles. The maximum Gasteiger partial charge on any atom is 0.272 e. The third-order valence-corrected chi connectivity index (χ3v) is 3.94. The molecule has 3 rings (SSSR count). The van der Waals surface area contributed by atoms with Crippen molar-refractivity contribution in [2.24, 2.45) is 7.05 Å². The lowest BCUT2D eigenvalue weighted by Gasteiger charge is -2.17. The Kier molecular flexibility index (Phi) is 5.04. The van der Waals surface area contributed by atoms with Crippen LogP contribution in [0.25, 0.3) is 0 Å². The number of amides is 1. The molecule has 2 heterocycles. The van der Waals surface area contributed by atoms with E-state index in [1.807, 2.05) is 31.4 Å². The molecule has 1 amide bonds. The molecule has 0 aliphatic carbocycles. The Morgan fingerprint density at radius 3 is 2.80 bits per heavy atom. The number of ether oxygens (including phenoxy) is 1. The normalized spacial score (nSPS) is 10.7. The molecule has 0 bridgehead atoms. The van der Waals surface area contributed by atoms with Crippen molar-refractivity contribution in [1.29, 1.82) is 0 Å². The van der Waals surface area contributed by atoms with Crippen LogP contribution in [-0.4, -0.2) is 37.4 Å². The van der Waals surface area contributed by atoms with Crippen molar-refractivity contribution >= 4 is 17.5 Å². The van der Waals surface area contributed by atoms with Crippen LogP contribution in [0.3, 0.4) is 0 Å². The second kappa shape index (κ2) is 7.40. The number of benzene rings is 1. The first-order valence-electron chi connectivity index (χ1n) is 7.67. The Labute approximate surface area is 150 Å². The van der Waals surface area contributed by atoms with Crippen molar-refractivity contribution < 1.29 is 9.53 Å². The van der Waals surface area contributed by atoms with Crippen LogP contribution in [0.1, 0.15) is 16.2 Å². The Hall–Kier alpha value is -2.80. The fraction of sp³-hybridized carbons (Fsp3) is 0.235. The summed E-state index contributed by atoms with van der Waals surface area (Å²) in [5.41, 5.74) is 1.25. The van der Waals surface area contributed by atoms with Gasteiger partial charge in [-0.15, -0.1) is 0 Å². The van der Waals surface area contributed by atoms with Crippen LogP contribution in [0.5, 0.6) is 5.75 Å². The summed E-state index contributed by atoms with van der Waals surface area (Å²) in [7, 11) is 3.57. The molecule has 3 aromatic rings. The number of aromatic nitrogens is 4. The van der Waals surface area contributed by atoms with Crippen LogP contribution in [0.2, 0.25) is 5.02 Å². The second-order valence-corrected chi connectivity index (χ2v) is 5.97. The van der Waals surface area contributed by atoms with E-state index < -0.39 is 0 Å². The first-order chi connectivity index (χ1) is 12.0. The van der Waals surface area contributed by atoms with Crippen LogP contribution in [0.15, 0.2) is 48.8 Å². The molecule has 0 saturated heterocycles. The highest BCUT2D eigenvalue weighted by Crippen LogP contribution is 2.23. The Morgan fingerprint density at radius 2 is 2.08 bits per heavy atom. The van der Waals surface area contributed by atoms with Crippen molar-refractivity contribution in [3.63, 3.8) is 0 Å². The Morgan fingerprint density at radius 1 is 1.28 bits per heavy atom. The highest BCUT2D eigenvalue weighted by Gasteiger charge is 2.18. The lowest BCUT2D eigenvalue weighted by Crippen LogP contribution is -2.29. The van der Waals surface area contributed by atoms with E-state index in [4.69, 9.17) is 16.3 Å². The van der Waals surface area contributed by atoms with E-state index in [0.717, 1.165) is 5.69 Å². The second-order valence-electron chi connectivity index (χ2n) is 5.56. The van der Waals surface area contributed by atoms with Crippen LogP contribution in [0, 0.1) is 0 Å². The number of rotatable bonds is 6. The monoisotopic (exact) mass is 359 g/mol. The molecule has 0 aliphatic heterocycles. The predicted molar refractivity (Wildman–Crippen MR) is 93.3 cm³/mol. The molecular formula is C17H18ClN5O2. The zero-order valence-electron chi connectivity index (χ0n) is 14.0. The molecule has 0 atom stereocenters. The molecule has 0 fully saturated rings. The molecule has 7 nitrogen and oxygen atoms in total. The molecule has 1 aromatic carbocycles. The van der Waals surface area contributed by atoms with Gasteiger partial charge < -0.3 is 9.64 Å². The van der Waals surface area contributed by atoms with Gasteiger partial charge in [0.15, 0.2) is 6.73 Å². The van der Waals surface area contributed by atoms with E-state index in [9.17, 15) is 4.79 Å². The summed E-state index contributed by atoms with van der Waals surface area (Å²) in [4.78, 5) is 14.3. The largest absolute Gasteiger partial charge is 0.470 e. The summed E-state index contributed by atoms with van der Waals surface area (Å²) in [6.45, 7) is 0.505. The maximum absolute atomic E-state index is 12.7. The van der Waals surface area contributed by atoms with Gasteiger partial charge in [-0.05, 0) is 24.3 Å². The fourth-order valence-corrected chi connectivity index (χ4v) is 2.56. The van der Waals surface area contributed by atoms with Gasteiger partial charge in [0.05, 0.1) is 17.3 Å². The van der Waals surface area contributed by atoms with Crippen molar-refractivity contribution in [2.75, 3.05) is 7.05 Å².